The third kappa shape index (κ3) is 4.12. The molecular formula is C13H18FN3OS. The number of nitrogens with zero attached hydrogens (tertiary/aromatic N) is 2. The second kappa shape index (κ2) is 6.79. The van der Waals surface area contributed by atoms with Crippen molar-refractivity contribution in [3.05, 3.63) is 30.1 Å². The summed E-state index contributed by atoms with van der Waals surface area (Å²) in [6.45, 7) is 4.38. The molecule has 1 aliphatic rings. The Hall–Kier alpha value is -1.24. The standard InChI is InChI=1S/C13H18FN3OS/c14-11-1-3-12(4-2-11)15-13(19)17-7-5-16(6-8-17)9-10-18/h1-4,18H,5-10H2,(H,15,19). The molecule has 6 heteroatoms. The molecule has 0 amide bonds. The maximum Gasteiger partial charge on any atom is 0.173 e. The number of hydrogen-bond donors (Lipinski definition) is 2. The SMILES string of the molecule is OCCN1CCN(C(=S)Nc2ccc(F)cc2)CC1. The van der Waals surface area contributed by atoms with Crippen molar-refractivity contribution < 1.29 is 9.50 Å². The molecule has 0 unspecified atom stereocenters. The lowest BCUT2D eigenvalue weighted by Gasteiger charge is -2.35. The molecule has 0 atom stereocenters. The van der Waals surface area contributed by atoms with Gasteiger partial charge in [0.2, 0.25) is 0 Å². The summed E-state index contributed by atoms with van der Waals surface area (Å²) in [5.41, 5.74) is 0.796. The second-order valence-electron chi connectivity index (χ2n) is 4.49. The summed E-state index contributed by atoms with van der Waals surface area (Å²) in [5.74, 6) is -0.255. The molecule has 1 aliphatic heterocycles. The van der Waals surface area contributed by atoms with E-state index in [1.54, 1.807) is 12.1 Å². The molecule has 0 saturated carbocycles. The summed E-state index contributed by atoms with van der Waals surface area (Å²) in [4.78, 5) is 4.30. The number of halogens is 1. The number of anilines is 1. The van der Waals surface area contributed by atoms with Crippen LogP contribution in [-0.2, 0) is 0 Å². The number of rotatable bonds is 3. The van der Waals surface area contributed by atoms with Gasteiger partial charge in [-0.2, -0.15) is 0 Å². The van der Waals surface area contributed by atoms with Crippen LogP contribution in [-0.4, -0.2) is 59.3 Å². The fourth-order valence-corrected chi connectivity index (χ4v) is 2.35. The molecule has 0 radical (unpaired) electrons. The minimum Gasteiger partial charge on any atom is -0.395 e. The van der Waals surface area contributed by atoms with Crippen LogP contribution in [0.5, 0.6) is 0 Å². The molecule has 0 aliphatic carbocycles. The topological polar surface area (TPSA) is 38.7 Å². The van der Waals surface area contributed by atoms with Gasteiger partial charge in [0, 0.05) is 38.4 Å². The van der Waals surface area contributed by atoms with Gasteiger partial charge in [0.05, 0.1) is 6.61 Å². The van der Waals surface area contributed by atoms with Crippen molar-refractivity contribution in [2.24, 2.45) is 0 Å². The van der Waals surface area contributed by atoms with Gasteiger partial charge >= 0.3 is 0 Å². The summed E-state index contributed by atoms with van der Waals surface area (Å²) in [7, 11) is 0. The zero-order chi connectivity index (χ0) is 13.7. The van der Waals surface area contributed by atoms with Crippen LogP contribution in [0, 0.1) is 5.82 Å². The first-order valence-corrected chi connectivity index (χ1v) is 6.74. The van der Waals surface area contributed by atoms with Crippen molar-refractivity contribution in [1.82, 2.24) is 9.80 Å². The fraction of sp³-hybridized carbons (Fsp3) is 0.462. The lowest BCUT2D eigenvalue weighted by Crippen LogP contribution is -2.50. The van der Waals surface area contributed by atoms with Gasteiger partial charge in [0.15, 0.2) is 5.11 Å². The van der Waals surface area contributed by atoms with E-state index in [4.69, 9.17) is 17.3 Å². The van der Waals surface area contributed by atoms with Gasteiger partial charge in [0.25, 0.3) is 0 Å². The molecule has 0 aromatic heterocycles. The number of nitrogens with one attached hydrogen (secondary N) is 1. The molecule has 1 aromatic carbocycles. The molecule has 1 saturated heterocycles. The largest absolute Gasteiger partial charge is 0.395 e. The van der Waals surface area contributed by atoms with Gasteiger partial charge in [0.1, 0.15) is 5.82 Å². The molecule has 104 valence electrons. The van der Waals surface area contributed by atoms with Crippen LogP contribution in [0.15, 0.2) is 24.3 Å². The first-order chi connectivity index (χ1) is 9.19. The summed E-state index contributed by atoms with van der Waals surface area (Å²) in [5, 5.41) is 12.7. The van der Waals surface area contributed by atoms with Crippen molar-refractivity contribution in [3.63, 3.8) is 0 Å². The smallest absolute Gasteiger partial charge is 0.173 e. The molecule has 0 bridgehead atoms. The molecule has 1 aromatic rings. The number of thiocarbonyl (C=S) groups is 1. The predicted octanol–water partition coefficient (Wildman–Crippen LogP) is 1.13. The van der Waals surface area contributed by atoms with Crippen molar-refractivity contribution in [3.8, 4) is 0 Å². The Morgan fingerprint density at radius 1 is 1.21 bits per heavy atom. The van der Waals surface area contributed by atoms with E-state index in [2.05, 4.69) is 15.1 Å². The third-order valence-electron chi connectivity index (χ3n) is 3.17. The molecule has 1 fully saturated rings. The average molecular weight is 283 g/mol. The Morgan fingerprint density at radius 2 is 1.84 bits per heavy atom. The van der Waals surface area contributed by atoms with Crippen molar-refractivity contribution in [2.45, 2.75) is 0 Å². The van der Waals surface area contributed by atoms with Crippen LogP contribution in [0.25, 0.3) is 0 Å². The Balaban J connectivity index is 1.83. The minimum absolute atomic E-state index is 0.193. The lowest BCUT2D eigenvalue weighted by molar-refractivity contribution is 0.148. The van der Waals surface area contributed by atoms with Crippen LogP contribution in [0.2, 0.25) is 0 Å². The molecule has 4 nitrogen and oxygen atoms in total. The third-order valence-corrected chi connectivity index (χ3v) is 3.53. The summed E-state index contributed by atoms with van der Waals surface area (Å²) in [6.07, 6.45) is 0. The highest BCUT2D eigenvalue weighted by Gasteiger charge is 2.18. The molecule has 0 spiro atoms. The van der Waals surface area contributed by atoms with E-state index < -0.39 is 0 Å². The second-order valence-corrected chi connectivity index (χ2v) is 4.88. The van der Waals surface area contributed by atoms with Crippen LogP contribution in [0.4, 0.5) is 10.1 Å². The average Bonchev–Trinajstić information content (AvgIpc) is 2.42. The van der Waals surface area contributed by atoms with Crippen LogP contribution < -0.4 is 5.32 Å². The molecule has 1 heterocycles. The van der Waals surface area contributed by atoms with Gasteiger partial charge in [-0.3, -0.25) is 4.90 Å². The van der Waals surface area contributed by atoms with Gasteiger partial charge in [-0.25, -0.2) is 4.39 Å². The Labute approximate surface area is 117 Å². The molecule has 2 N–H and O–H groups in total. The quantitative estimate of drug-likeness (QED) is 0.814. The number of aliphatic hydroxyl groups excluding tert-OH is 1. The van der Waals surface area contributed by atoms with Gasteiger partial charge in [-0.1, -0.05) is 0 Å². The highest BCUT2D eigenvalue weighted by Crippen LogP contribution is 2.10. The molecule has 2 rings (SSSR count). The van der Waals surface area contributed by atoms with E-state index in [9.17, 15) is 4.39 Å². The first kappa shape index (κ1) is 14.2. The van der Waals surface area contributed by atoms with E-state index in [1.807, 2.05) is 0 Å². The Morgan fingerprint density at radius 3 is 2.42 bits per heavy atom. The van der Waals surface area contributed by atoms with E-state index in [0.717, 1.165) is 31.9 Å². The van der Waals surface area contributed by atoms with Crippen molar-refractivity contribution in [1.29, 1.82) is 0 Å². The summed E-state index contributed by atoms with van der Waals surface area (Å²) >= 11 is 5.35. The minimum atomic E-state index is -0.255. The number of aliphatic hydroxyl groups is 1. The maximum absolute atomic E-state index is 12.8. The van der Waals surface area contributed by atoms with Crippen LogP contribution in [0.1, 0.15) is 0 Å². The van der Waals surface area contributed by atoms with Gasteiger partial charge < -0.3 is 15.3 Å². The summed E-state index contributed by atoms with van der Waals surface area (Å²) < 4.78 is 12.8. The number of β-amino-alcohol motifs (C(OH)–C–C–N with tert-alkyl or cyclic N) is 1. The number of hydrogen-bond acceptors (Lipinski definition) is 3. The Kier molecular flexibility index (Phi) is 5.07. The summed E-state index contributed by atoms with van der Waals surface area (Å²) in [6, 6.07) is 6.15. The fourth-order valence-electron chi connectivity index (χ4n) is 2.05. The van der Waals surface area contributed by atoms with E-state index in [0.29, 0.717) is 11.7 Å². The maximum atomic E-state index is 12.8. The monoisotopic (exact) mass is 283 g/mol. The predicted molar refractivity (Wildman–Crippen MR) is 77.7 cm³/mol. The van der Waals surface area contributed by atoms with Crippen molar-refractivity contribution in [2.75, 3.05) is 44.6 Å². The van der Waals surface area contributed by atoms with E-state index in [1.165, 1.54) is 12.1 Å². The van der Waals surface area contributed by atoms with Gasteiger partial charge in [-0.15, -0.1) is 0 Å². The highest BCUT2D eigenvalue weighted by molar-refractivity contribution is 7.80. The number of piperazine rings is 1. The Bertz CT molecular complexity index is 418. The van der Waals surface area contributed by atoms with Gasteiger partial charge in [-0.05, 0) is 36.5 Å². The van der Waals surface area contributed by atoms with Crippen molar-refractivity contribution >= 4 is 23.0 Å². The first-order valence-electron chi connectivity index (χ1n) is 6.34. The van der Waals surface area contributed by atoms with E-state index in [-0.39, 0.29) is 12.4 Å². The van der Waals surface area contributed by atoms with Crippen LogP contribution >= 0.6 is 12.2 Å². The molecular weight excluding hydrogens is 265 g/mol. The number of benzene rings is 1. The van der Waals surface area contributed by atoms with E-state index >= 15 is 0 Å². The van der Waals surface area contributed by atoms with Crippen LogP contribution in [0.3, 0.4) is 0 Å². The lowest BCUT2D eigenvalue weighted by atomic mass is 10.3. The molecule has 19 heavy (non-hydrogen) atoms. The zero-order valence-electron chi connectivity index (χ0n) is 10.7. The highest BCUT2D eigenvalue weighted by atomic mass is 32.1. The normalized spacial score (nSPS) is 16.4. The zero-order valence-corrected chi connectivity index (χ0v) is 11.5.